The molecule has 1 atom stereocenters. The quantitative estimate of drug-likeness (QED) is 0.811. The van der Waals surface area contributed by atoms with E-state index in [1.54, 1.807) is 6.07 Å². The molecular formula is C17H19BrFN. The van der Waals surface area contributed by atoms with Crippen LogP contribution in [0.3, 0.4) is 0 Å². The van der Waals surface area contributed by atoms with Crippen LogP contribution in [0.2, 0.25) is 0 Å². The molecule has 0 amide bonds. The van der Waals surface area contributed by atoms with E-state index < -0.39 is 0 Å². The van der Waals surface area contributed by atoms with E-state index in [9.17, 15) is 4.39 Å². The normalized spacial score (nSPS) is 12.4. The molecule has 0 spiro atoms. The predicted molar refractivity (Wildman–Crippen MR) is 85.4 cm³/mol. The van der Waals surface area contributed by atoms with Crippen LogP contribution in [0.4, 0.5) is 4.39 Å². The van der Waals surface area contributed by atoms with E-state index in [1.807, 2.05) is 37.3 Å². The lowest BCUT2D eigenvalue weighted by Gasteiger charge is -2.22. The zero-order chi connectivity index (χ0) is 14.5. The molecule has 0 heterocycles. The standard InChI is InChI=1S/C17H19BrFN/c1-3-11-20-17(13-8-4-5-10-15(13)19)14-9-6-7-12(2)16(14)18/h4-10,17,20H,3,11H2,1-2H3. The van der Waals surface area contributed by atoms with Crippen molar-refractivity contribution >= 4 is 15.9 Å². The van der Waals surface area contributed by atoms with Crippen molar-refractivity contribution in [1.82, 2.24) is 5.32 Å². The third-order valence-corrected chi connectivity index (χ3v) is 4.43. The molecule has 1 nitrogen and oxygen atoms in total. The van der Waals surface area contributed by atoms with Gasteiger partial charge in [-0.3, -0.25) is 0 Å². The molecule has 0 saturated carbocycles. The zero-order valence-corrected chi connectivity index (χ0v) is 13.4. The molecule has 1 N–H and O–H groups in total. The molecule has 2 aromatic rings. The van der Waals surface area contributed by atoms with Crippen molar-refractivity contribution in [2.75, 3.05) is 6.54 Å². The van der Waals surface area contributed by atoms with E-state index in [0.29, 0.717) is 5.56 Å². The van der Waals surface area contributed by atoms with Crippen LogP contribution in [0.25, 0.3) is 0 Å². The summed E-state index contributed by atoms with van der Waals surface area (Å²) in [5, 5.41) is 3.44. The Morgan fingerprint density at radius 2 is 1.80 bits per heavy atom. The Labute approximate surface area is 128 Å². The summed E-state index contributed by atoms with van der Waals surface area (Å²) in [7, 11) is 0. The predicted octanol–water partition coefficient (Wildman–Crippen LogP) is 4.99. The summed E-state index contributed by atoms with van der Waals surface area (Å²) in [4.78, 5) is 0. The average molecular weight is 336 g/mol. The molecule has 1 unspecified atom stereocenters. The molecule has 0 saturated heterocycles. The van der Waals surface area contributed by atoms with E-state index >= 15 is 0 Å². The van der Waals surface area contributed by atoms with Gasteiger partial charge in [-0.1, -0.05) is 59.3 Å². The van der Waals surface area contributed by atoms with Crippen LogP contribution in [0.5, 0.6) is 0 Å². The summed E-state index contributed by atoms with van der Waals surface area (Å²) in [6, 6.07) is 12.9. The van der Waals surface area contributed by atoms with Gasteiger partial charge < -0.3 is 5.32 Å². The van der Waals surface area contributed by atoms with Gasteiger partial charge >= 0.3 is 0 Å². The van der Waals surface area contributed by atoms with Crippen molar-refractivity contribution in [2.45, 2.75) is 26.3 Å². The molecule has 2 rings (SSSR count). The SMILES string of the molecule is CCCNC(c1ccccc1F)c1cccc(C)c1Br. The maximum Gasteiger partial charge on any atom is 0.128 e. The van der Waals surface area contributed by atoms with Gasteiger partial charge in [-0.2, -0.15) is 0 Å². The first-order valence-corrected chi connectivity index (χ1v) is 7.67. The molecule has 0 bridgehead atoms. The summed E-state index contributed by atoms with van der Waals surface area (Å²) >= 11 is 3.63. The van der Waals surface area contributed by atoms with E-state index in [4.69, 9.17) is 0 Å². The van der Waals surface area contributed by atoms with Crippen LogP contribution in [-0.4, -0.2) is 6.54 Å². The summed E-state index contributed by atoms with van der Waals surface area (Å²) in [5.41, 5.74) is 2.91. The second-order valence-electron chi connectivity index (χ2n) is 4.89. The number of rotatable bonds is 5. The van der Waals surface area contributed by atoms with Gasteiger partial charge in [0.25, 0.3) is 0 Å². The maximum atomic E-state index is 14.1. The minimum absolute atomic E-state index is 0.134. The molecule has 106 valence electrons. The second-order valence-corrected chi connectivity index (χ2v) is 5.68. The molecule has 3 heteroatoms. The minimum Gasteiger partial charge on any atom is -0.306 e. The van der Waals surface area contributed by atoms with Crippen molar-refractivity contribution in [3.63, 3.8) is 0 Å². The van der Waals surface area contributed by atoms with Crippen LogP contribution >= 0.6 is 15.9 Å². The van der Waals surface area contributed by atoms with E-state index in [2.05, 4.69) is 28.2 Å². The van der Waals surface area contributed by atoms with E-state index in [0.717, 1.165) is 28.6 Å². The summed E-state index contributed by atoms with van der Waals surface area (Å²) in [6.45, 7) is 5.00. The van der Waals surface area contributed by atoms with Crippen LogP contribution in [0.1, 0.15) is 36.1 Å². The molecule has 0 aliphatic carbocycles. The fraction of sp³-hybridized carbons (Fsp3) is 0.294. The van der Waals surface area contributed by atoms with Crippen molar-refractivity contribution in [3.05, 3.63) is 69.4 Å². The number of hydrogen-bond acceptors (Lipinski definition) is 1. The lowest BCUT2D eigenvalue weighted by atomic mass is 9.96. The molecular weight excluding hydrogens is 317 g/mol. The Morgan fingerprint density at radius 1 is 1.10 bits per heavy atom. The fourth-order valence-electron chi connectivity index (χ4n) is 2.28. The molecule has 2 aromatic carbocycles. The smallest absolute Gasteiger partial charge is 0.128 e. The van der Waals surface area contributed by atoms with E-state index in [1.165, 1.54) is 6.07 Å². The highest BCUT2D eigenvalue weighted by Gasteiger charge is 2.19. The number of nitrogens with one attached hydrogen (secondary N) is 1. The van der Waals surface area contributed by atoms with Gasteiger partial charge in [-0.05, 0) is 37.1 Å². The maximum absolute atomic E-state index is 14.1. The van der Waals surface area contributed by atoms with Crippen molar-refractivity contribution in [3.8, 4) is 0 Å². The molecule has 0 aliphatic heterocycles. The van der Waals surface area contributed by atoms with Gasteiger partial charge in [0.2, 0.25) is 0 Å². The van der Waals surface area contributed by atoms with Crippen LogP contribution in [0.15, 0.2) is 46.9 Å². The van der Waals surface area contributed by atoms with Gasteiger partial charge in [-0.15, -0.1) is 0 Å². The van der Waals surface area contributed by atoms with Gasteiger partial charge in [0.15, 0.2) is 0 Å². The molecule has 0 aromatic heterocycles. The molecule has 0 radical (unpaired) electrons. The Bertz CT molecular complexity index is 583. The number of hydrogen-bond donors (Lipinski definition) is 1. The molecule has 20 heavy (non-hydrogen) atoms. The lowest BCUT2D eigenvalue weighted by Crippen LogP contribution is -2.24. The summed E-state index contributed by atoms with van der Waals surface area (Å²) in [6.07, 6.45) is 1.01. The summed E-state index contributed by atoms with van der Waals surface area (Å²) < 4.78 is 15.2. The first-order valence-electron chi connectivity index (χ1n) is 6.88. The third-order valence-electron chi connectivity index (χ3n) is 3.35. The topological polar surface area (TPSA) is 12.0 Å². The Balaban J connectivity index is 2.47. The van der Waals surface area contributed by atoms with Crippen molar-refractivity contribution in [2.24, 2.45) is 0 Å². The highest BCUT2D eigenvalue weighted by Crippen LogP contribution is 2.31. The highest BCUT2D eigenvalue weighted by atomic mass is 79.9. The van der Waals surface area contributed by atoms with Gasteiger partial charge in [0.1, 0.15) is 5.82 Å². The Kier molecular flexibility index (Phi) is 5.32. The average Bonchev–Trinajstić information content (AvgIpc) is 2.45. The molecule has 0 fully saturated rings. The lowest BCUT2D eigenvalue weighted by molar-refractivity contribution is 0.545. The largest absolute Gasteiger partial charge is 0.306 e. The van der Waals surface area contributed by atoms with Crippen LogP contribution in [0, 0.1) is 12.7 Å². The number of halogens is 2. The first-order chi connectivity index (χ1) is 9.65. The first kappa shape index (κ1) is 15.2. The number of aryl methyl sites for hydroxylation is 1. The Hall–Kier alpha value is -1.19. The Morgan fingerprint density at radius 3 is 2.50 bits per heavy atom. The fourth-order valence-corrected chi connectivity index (χ4v) is 2.77. The van der Waals surface area contributed by atoms with Crippen molar-refractivity contribution < 1.29 is 4.39 Å². The zero-order valence-electron chi connectivity index (χ0n) is 11.8. The van der Waals surface area contributed by atoms with Crippen LogP contribution in [-0.2, 0) is 0 Å². The van der Waals surface area contributed by atoms with Crippen molar-refractivity contribution in [1.29, 1.82) is 0 Å². The van der Waals surface area contributed by atoms with E-state index in [-0.39, 0.29) is 11.9 Å². The molecule has 0 aliphatic rings. The summed E-state index contributed by atoms with van der Waals surface area (Å²) in [5.74, 6) is -0.172. The van der Waals surface area contributed by atoms with Gasteiger partial charge in [0.05, 0.1) is 6.04 Å². The number of benzene rings is 2. The second kappa shape index (κ2) is 7.00. The van der Waals surface area contributed by atoms with Crippen LogP contribution < -0.4 is 5.32 Å². The minimum atomic E-state index is -0.172. The highest BCUT2D eigenvalue weighted by molar-refractivity contribution is 9.10. The monoisotopic (exact) mass is 335 g/mol. The third kappa shape index (κ3) is 3.28. The van der Waals surface area contributed by atoms with Gasteiger partial charge in [0, 0.05) is 10.0 Å². The van der Waals surface area contributed by atoms with Gasteiger partial charge in [-0.25, -0.2) is 4.39 Å².